The summed E-state index contributed by atoms with van der Waals surface area (Å²) in [6.45, 7) is 1.14. The van der Waals surface area contributed by atoms with Gasteiger partial charge in [-0.25, -0.2) is 9.67 Å². The minimum absolute atomic E-state index is 0.155. The van der Waals surface area contributed by atoms with Crippen LogP contribution < -0.4 is 15.6 Å². The first-order valence-corrected chi connectivity index (χ1v) is 10.4. The van der Waals surface area contributed by atoms with E-state index in [0.29, 0.717) is 42.0 Å². The number of methoxy groups -OCH3 is 1. The molecule has 0 fully saturated rings. The molecule has 1 amide bonds. The molecule has 0 saturated carbocycles. The van der Waals surface area contributed by atoms with Gasteiger partial charge in [0.2, 0.25) is 0 Å². The molecule has 158 valence electrons. The molecule has 0 aliphatic heterocycles. The molecule has 0 unspecified atom stereocenters. The normalized spacial score (nSPS) is 10.9. The second-order valence-corrected chi connectivity index (χ2v) is 7.78. The van der Waals surface area contributed by atoms with Crippen molar-refractivity contribution < 1.29 is 9.53 Å². The first-order chi connectivity index (χ1) is 15.1. The van der Waals surface area contributed by atoms with Crippen LogP contribution in [0, 0.1) is 0 Å². The van der Waals surface area contributed by atoms with Crippen LogP contribution >= 0.6 is 15.9 Å². The maximum absolute atomic E-state index is 12.8. The number of carbonyl (C=O) groups is 1. The highest BCUT2D eigenvalue weighted by molar-refractivity contribution is 9.10. The van der Waals surface area contributed by atoms with Gasteiger partial charge in [0.1, 0.15) is 17.5 Å². The van der Waals surface area contributed by atoms with E-state index in [2.05, 4.69) is 31.3 Å². The van der Waals surface area contributed by atoms with Gasteiger partial charge in [-0.05, 0) is 29.8 Å². The second-order valence-electron chi connectivity index (χ2n) is 6.87. The number of para-hydroxylation sites is 1. The molecule has 0 aliphatic carbocycles. The molecule has 8 nitrogen and oxygen atoms in total. The highest BCUT2D eigenvalue weighted by Gasteiger charge is 2.13. The number of nitrogens with zero attached hydrogens (tertiary/aromatic N) is 4. The molecule has 0 radical (unpaired) electrons. The topological polar surface area (TPSA) is 91.0 Å². The maximum Gasteiger partial charge on any atom is 0.264 e. The third-order valence-corrected chi connectivity index (χ3v) is 5.38. The van der Waals surface area contributed by atoms with Gasteiger partial charge in [0.05, 0.1) is 32.0 Å². The van der Waals surface area contributed by atoms with Gasteiger partial charge in [-0.1, -0.05) is 40.2 Å². The lowest BCUT2D eigenvalue weighted by molar-refractivity contribution is 0.0949. The SMILES string of the molecule is COc1ccccc1C(=O)NCCn1ncc2c(=O)n(Cc3ccc(Br)cc3)cnc21. The number of ether oxygens (including phenoxy) is 1. The van der Waals surface area contributed by atoms with Crippen LogP contribution in [-0.4, -0.2) is 38.9 Å². The number of hydrogen-bond acceptors (Lipinski definition) is 5. The first kappa shape index (κ1) is 20.8. The Morgan fingerprint density at radius 2 is 1.94 bits per heavy atom. The molecule has 2 aromatic heterocycles. The summed E-state index contributed by atoms with van der Waals surface area (Å²) in [6.07, 6.45) is 3.04. The van der Waals surface area contributed by atoms with Gasteiger partial charge in [-0.2, -0.15) is 5.10 Å². The van der Waals surface area contributed by atoms with E-state index < -0.39 is 0 Å². The van der Waals surface area contributed by atoms with E-state index in [4.69, 9.17) is 4.74 Å². The fraction of sp³-hybridized carbons (Fsp3) is 0.182. The quantitative estimate of drug-likeness (QED) is 0.438. The number of benzene rings is 2. The van der Waals surface area contributed by atoms with Crippen molar-refractivity contribution in [1.29, 1.82) is 0 Å². The number of aromatic nitrogens is 4. The van der Waals surface area contributed by atoms with Crippen molar-refractivity contribution in [2.45, 2.75) is 13.1 Å². The van der Waals surface area contributed by atoms with E-state index in [9.17, 15) is 9.59 Å². The van der Waals surface area contributed by atoms with Crippen molar-refractivity contribution >= 4 is 32.9 Å². The van der Waals surface area contributed by atoms with E-state index in [1.54, 1.807) is 33.5 Å². The zero-order valence-corrected chi connectivity index (χ0v) is 18.4. The Morgan fingerprint density at radius 3 is 2.71 bits per heavy atom. The number of hydrogen-bond donors (Lipinski definition) is 1. The summed E-state index contributed by atoms with van der Waals surface area (Å²) in [7, 11) is 1.52. The summed E-state index contributed by atoms with van der Waals surface area (Å²) in [5, 5.41) is 7.56. The van der Waals surface area contributed by atoms with Crippen LogP contribution in [0.1, 0.15) is 15.9 Å². The lowest BCUT2D eigenvalue weighted by Crippen LogP contribution is -2.28. The second kappa shape index (κ2) is 9.13. The van der Waals surface area contributed by atoms with E-state index >= 15 is 0 Å². The summed E-state index contributed by atoms with van der Waals surface area (Å²) in [4.78, 5) is 29.7. The fourth-order valence-corrected chi connectivity index (χ4v) is 3.53. The van der Waals surface area contributed by atoms with E-state index in [1.165, 1.54) is 19.6 Å². The Labute approximate surface area is 186 Å². The zero-order chi connectivity index (χ0) is 21.8. The molecule has 0 aliphatic rings. The van der Waals surface area contributed by atoms with Crippen LogP contribution in [0.15, 0.2) is 70.3 Å². The van der Waals surface area contributed by atoms with Gasteiger partial charge in [-0.3, -0.25) is 14.2 Å². The lowest BCUT2D eigenvalue weighted by Gasteiger charge is -2.09. The molecule has 1 N–H and O–H groups in total. The Bertz CT molecular complexity index is 1280. The monoisotopic (exact) mass is 481 g/mol. The van der Waals surface area contributed by atoms with Crippen LogP contribution in [0.3, 0.4) is 0 Å². The first-order valence-electron chi connectivity index (χ1n) is 9.63. The number of amides is 1. The fourth-order valence-electron chi connectivity index (χ4n) is 3.26. The minimum atomic E-state index is -0.237. The number of nitrogens with one attached hydrogen (secondary N) is 1. The highest BCUT2D eigenvalue weighted by Crippen LogP contribution is 2.17. The van der Waals surface area contributed by atoms with Gasteiger partial charge in [0.25, 0.3) is 11.5 Å². The van der Waals surface area contributed by atoms with E-state index in [-0.39, 0.29) is 11.5 Å². The summed E-state index contributed by atoms with van der Waals surface area (Å²) in [6, 6.07) is 14.8. The summed E-state index contributed by atoms with van der Waals surface area (Å²) in [5.74, 6) is 0.274. The lowest BCUT2D eigenvalue weighted by atomic mass is 10.2. The molecule has 0 bridgehead atoms. The number of halogens is 1. The predicted molar refractivity (Wildman–Crippen MR) is 120 cm³/mol. The van der Waals surface area contributed by atoms with Crippen LogP contribution in [0.2, 0.25) is 0 Å². The van der Waals surface area contributed by atoms with Crippen molar-refractivity contribution in [3.05, 3.63) is 87.0 Å². The Hall–Kier alpha value is -3.46. The van der Waals surface area contributed by atoms with Crippen molar-refractivity contribution in [2.75, 3.05) is 13.7 Å². The molecule has 2 heterocycles. The third-order valence-electron chi connectivity index (χ3n) is 4.85. The number of carbonyl (C=O) groups excluding carboxylic acids is 1. The summed E-state index contributed by atoms with van der Waals surface area (Å²) >= 11 is 3.41. The molecule has 4 rings (SSSR count). The van der Waals surface area contributed by atoms with Gasteiger partial charge in [0, 0.05) is 11.0 Å². The van der Waals surface area contributed by atoms with Crippen LogP contribution in [0.25, 0.3) is 11.0 Å². The average molecular weight is 482 g/mol. The Balaban J connectivity index is 1.45. The molecule has 31 heavy (non-hydrogen) atoms. The molecular weight excluding hydrogens is 462 g/mol. The average Bonchev–Trinajstić information content (AvgIpc) is 3.20. The molecule has 2 aromatic carbocycles. The zero-order valence-electron chi connectivity index (χ0n) is 16.8. The largest absolute Gasteiger partial charge is 0.496 e. The summed E-state index contributed by atoms with van der Waals surface area (Å²) < 4.78 is 9.37. The molecule has 0 saturated heterocycles. The molecule has 9 heteroatoms. The predicted octanol–water partition coefficient (Wildman–Crippen LogP) is 2.84. The van der Waals surface area contributed by atoms with Crippen molar-refractivity contribution in [3.8, 4) is 5.75 Å². The van der Waals surface area contributed by atoms with Crippen molar-refractivity contribution in [1.82, 2.24) is 24.6 Å². The number of rotatable bonds is 7. The van der Waals surface area contributed by atoms with Gasteiger partial charge in [0.15, 0.2) is 5.65 Å². The molecule has 0 spiro atoms. The molecular formula is C22H20BrN5O3. The van der Waals surface area contributed by atoms with Crippen LogP contribution in [0.5, 0.6) is 5.75 Å². The maximum atomic E-state index is 12.8. The smallest absolute Gasteiger partial charge is 0.264 e. The highest BCUT2D eigenvalue weighted by atomic mass is 79.9. The van der Waals surface area contributed by atoms with E-state index in [0.717, 1.165) is 10.0 Å². The van der Waals surface area contributed by atoms with Gasteiger partial charge in [-0.15, -0.1) is 0 Å². The van der Waals surface area contributed by atoms with Crippen molar-refractivity contribution in [3.63, 3.8) is 0 Å². The van der Waals surface area contributed by atoms with Crippen molar-refractivity contribution in [2.24, 2.45) is 0 Å². The number of fused-ring (bicyclic) bond motifs is 1. The summed E-state index contributed by atoms with van der Waals surface area (Å²) in [5.41, 5.74) is 1.79. The standard InChI is InChI=1S/C22H20BrN5O3/c1-31-19-5-3-2-4-17(19)21(29)24-10-11-28-20-18(12-26-28)22(30)27(14-25-20)13-15-6-8-16(23)9-7-15/h2-9,12,14H,10-11,13H2,1H3,(H,24,29). The van der Waals surface area contributed by atoms with Crippen LogP contribution in [-0.2, 0) is 13.1 Å². The molecule has 4 aromatic rings. The van der Waals surface area contributed by atoms with E-state index in [1.807, 2.05) is 24.3 Å². The third kappa shape index (κ3) is 4.51. The minimum Gasteiger partial charge on any atom is -0.496 e. The molecule has 0 atom stereocenters. The Morgan fingerprint density at radius 1 is 1.16 bits per heavy atom. The van der Waals surface area contributed by atoms with Gasteiger partial charge < -0.3 is 10.1 Å². The van der Waals surface area contributed by atoms with Gasteiger partial charge >= 0.3 is 0 Å². The Kier molecular flexibility index (Phi) is 6.13. The van der Waals surface area contributed by atoms with Crippen LogP contribution in [0.4, 0.5) is 0 Å².